The summed E-state index contributed by atoms with van der Waals surface area (Å²) in [6.45, 7) is 0.755. The minimum absolute atomic E-state index is 0.0807. The van der Waals surface area contributed by atoms with Crippen LogP contribution in [0.3, 0.4) is 0 Å². The SMILES string of the molecule is OC1COC2=CSCC2OC1. The fourth-order valence-electron chi connectivity index (χ4n) is 1.10. The molecule has 0 aliphatic carbocycles. The molecular weight excluding hydrogens is 164 g/mol. The van der Waals surface area contributed by atoms with E-state index in [-0.39, 0.29) is 6.10 Å². The van der Waals surface area contributed by atoms with Crippen molar-refractivity contribution in [2.45, 2.75) is 12.2 Å². The molecule has 0 radical (unpaired) electrons. The zero-order chi connectivity index (χ0) is 7.68. The second-order valence-electron chi connectivity index (χ2n) is 2.64. The van der Waals surface area contributed by atoms with Gasteiger partial charge >= 0.3 is 0 Å². The molecule has 2 aliphatic rings. The molecule has 0 aromatic carbocycles. The molecule has 2 aliphatic heterocycles. The predicted octanol–water partition coefficient (Wildman–Crippen LogP) is 0.351. The Kier molecular flexibility index (Phi) is 2.07. The number of hydrogen-bond acceptors (Lipinski definition) is 4. The van der Waals surface area contributed by atoms with Crippen LogP contribution in [0.5, 0.6) is 0 Å². The van der Waals surface area contributed by atoms with Gasteiger partial charge < -0.3 is 14.6 Å². The summed E-state index contributed by atoms with van der Waals surface area (Å²) in [5, 5.41) is 11.1. The number of fused-ring (bicyclic) bond motifs is 1. The van der Waals surface area contributed by atoms with Gasteiger partial charge in [0, 0.05) is 11.2 Å². The van der Waals surface area contributed by atoms with E-state index >= 15 is 0 Å². The zero-order valence-corrected chi connectivity index (χ0v) is 6.84. The van der Waals surface area contributed by atoms with Crippen molar-refractivity contribution in [1.29, 1.82) is 0 Å². The lowest BCUT2D eigenvalue weighted by Crippen LogP contribution is -2.19. The van der Waals surface area contributed by atoms with Gasteiger partial charge in [0.25, 0.3) is 0 Å². The van der Waals surface area contributed by atoms with Crippen molar-refractivity contribution in [2.75, 3.05) is 19.0 Å². The number of rotatable bonds is 0. The summed E-state index contributed by atoms with van der Waals surface area (Å²) in [5.74, 6) is 1.80. The summed E-state index contributed by atoms with van der Waals surface area (Å²) in [7, 11) is 0. The van der Waals surface area contributed by atoms with Gasteiger partial charge in [-0.25, -0.2) is 0 Å². The van der Waals surface area contributed by atoms with Crippen LogP contribution in [0.2, 0.25) is 0 Å². The number of aliphatic hydroxyl groups is 1. The van der Waals surface area contributed by atoms with E-state index in [0.717, 1.165) is 11.5 Å². The summed E-state index contributed by atoms with van der Waals surface area (Å²) in [6, 6.07) is 0. The normalized spacial score (nSPS) is 37.0. The van der Waals surface area contributed by atoms with Crippen molar-refractivity contribution in [3.8, 4) is 0 Å². The molecule has 1 fully saturated rings. The van der Waals surface area contributed by atoms with E-state index in [0.29, 0.717) is 13.2 Å². The van der Waals surface area contributed by atoms with Crippen molar-refractivity contribution in [1.82, 2.24) is 0 Å². The first-order valence-corrected chi connectivity index (χ1v) is 4.65. The topological polar surface area (TPSA) is 38.7 Å². The van der Waals surface area contributed by atoms with Crippen molar-refractivity contribution in [2.24, 2.45) is 0 Å². The van der Waals surface area contributed by atoms with Crippen LogP contribution < -0.4 is 0 Å². The van der Waals surface area contributed by atoms with Gasteiger partial charge in [0.05, 0.1) is 6.61 Å². The highest BCUT2D eigenvalue weighted by Crippen LogP contribution is 2.27. The maximum Gasteiger partial charge on any atom is 0.132 e. The summed E-state index contributed by atoms with van der Waals surface area (Å²) in [4.78, 5) is 0. The minimum Gasteiger partial charge on any atom is -0.492 e. The molecule has 0 aromatic heterocycles. The number of ether oxygens (including phenoxy) is 2. The van der Waals surface area contributed by atoms with Gasteiger partial charge in [-0.2, -0.15) is 0 Å². The molecule has 0 saturated carbocycles. The molecule has 3 nitrogen and oxygen atoms in total. The van der Waals surface area contributed by atoms with Gasteiger partial charge in [-0.1, -0.05) is 0 Å². The largest absolute Gasteiger partial charge is 0.492 e. The minimum atomic E-state index is -0.466. The Hall–Kier alpha value is -0.190. The van der Waals surface area contributed by atoms with E-state index in [4.69, 9.17) is 14.6 Å². The Morgan fingerprint density at radius 2 is 2.45 bits per heavy atom. The first-order valence-electron chi connectivity index (χ1n) is 3.60. The monoisotopic (exact) mass is 174 g/mol. The molecule has 1 N–H and O–H groups in total. The maximum atomic E-state index is 9.16. The Morgan fingerprint density at radius 1 is 1.55 bits per heavy atom. The van der Waals surface area contributed by atoms with Crippen LogP contribution >= 0.6 is 11.8 Å². The smallest absolute Gasteiger partial charge is 0.132 e. The fraction of sp³-hybridized carbons (Fsp3) is 0.714. The molecule has 2 unspecified atom stereocenters. The Balaban J connectivity index is 2.04. The summed E-state index contributed by atoms with van der Waals surface area (Å²) < 4.78 is 10.7. The van der Waals surface area contributed by atoms with Crippen molar-refractivity contribution >= 4 is 11.8 Å². The van der Waals surface area contributed by atoms with Crippen LogP contribution in [0.25, 0.3) is 0 Å². The lowest BCUT2D eigenvalue weighted by molar-refractivity contribution is 0.0270. The lowest BCUT2D eigenvalue weighted by Gasteiger charge is -2.08. The van der Waals surface area contributed by atoms with Crippen LogP contribution in [0.1, 0.15) is 0 Å². The third kappa shape index (κ3) is 1.52. The summed E-state index contributed by atoms with van der Waals surface area (Å²) in [6.07, 6.45) is -0.386. The lowest BCUT2D eigenvalue weighted by atomic mass is 10.3. The Bertz CT molecular complexity index is 181. The summed E-state index contributed by atoms with van der Waals surface area (Å²) >= 11 is 1.70. The molecule has 1 saturated heterocycles. The van der Waals surface area contributed by atoms with Gasteiger partial charge in [0.2, 0.25) is 0 Å². The van der Waals surface area contributed by atoms with E-state index in [1.54, 1.807) is 11.8 Å². The van der Waals surface area contributed by atoms with Crippen molar-refractivity contribution in [3.63, 3.8) is 0 Å². The molecule has 4 heteroatoms. The maximum absolute atomic E-state index is 9.16. The number of thioether (sulfide) groups is 1. The van der Waals surface area contributed by atoms with E-state index in [1.807, 2.05) is 5.41 Å². The van der Waals surface area contributed by atoms with Crippen LogP contribution in [0.15, 0.2) is 11.2 Å². The third-order valence-electron chi connectivity index (χ3n) is 1.70. The van der Waals surface area contributed by atoms with Gasteiger partial charge in [0.1, 0.15) is 24.6 Å². The first kappa shape index (κ1) is 7.46. The van der Waals surface area contributed by atoms with Crippen LogP contribution in [-0.4, -0.2) is 36.3 Å². The van der Waals surface area contributed by atoms with Gasteiger partial charge in [-0.05, 0) is 0 Å². The second kappa shape index (κ2) is 3.05. The van der Waals surface area contributed by atoms with Gasteiger partial charge in [-0.3, -0.25) is 0 Å². The molecule has 11 heavy (non-hydrogen) atoms. The fourth-order valence-corrected chi connectivity index (χ4v) is 2.02. The molecule has 2 rings (SSSR count). The predicted molar refractivity (Wildman–Crippen MR) is 42.2 cm³/mol. The molecule has 0 aromatic rings. The molecule has 2 heterocycles. The molecule has 0 amide bonds. The van der Waals surface area contributed by atoms with Gasteiger partial charge in [0.15, 0.2) is 0 Å². The van der Waals surface area contributed by atoms with Crippen molar-refractivity contribution < 1.29 is 14.6 Å². The standard InChI is InChI=1S/C7H10O3S/c8-5-1-9-6-3-11-4-7(6)10-2-5/h3,5,7-8H,1-2,4H2. The average molecular weight is 174 g/mol. The van der Waals surface area contributed by atoms with E-state index in [1.165, 1.54) is 0 Å². The van der Waals surface area contributed by atoms with Crippen LogP contribution in [-0.2, 0) is 9.47 Å². The van der Waals surface area contributed by atoms with E-state index < -0.39 is 6.10 Å². The summed E-state index contributed by atoms with van der Waals surface area (Å²) in [5.41, 5.74) is 0. The number of hydrogen-bond donors (Lipinski definition) is 1. The van der Waals surface area contributed by atoms with Crippen molar-refractivity contribution in [3.05, 3.63) is 11.2 Å². The van der Waals surface area contributed by atoms with E-state index in [2.05, 4.69) is 0 Å². The van der Waals surface area contributed by atoms with Crippen LogP contribution in [0, 0.1) is 0 Å². The molecular formula is C7H10O3S. The van der Waals surface area contributed by atoms with Crippen LogP contribution in [0.4, 0.5) is 0 Å². The molecule has 62 valence electrons. The Morgan fingerprint density at radius 3 is 3.36 bits per heavy atom. The third-order valence-corrected chi connectivity index (χ3v) is 2.59. The van der Waals surface area contributed by atoms with Gasteiger partial charge in [-0.15, -0.1) is 11.8 Å². The zero-order valence-electron chi connectivity index (χ0n) is 6.03. The quantitative estimate of drug-likeness (QED) is 0.575. The highest BCUT2D eigenvalue weighted by atomic mass is 32.2. The average Bonchev–Trinajstić information content (AvgIpc) is 2.38. The molecule has 0 bridgehead atoms. The molecule has 2 atom stereocenters. The number of aliphatic hydroxyl groups excluding tert-OH is 1. The highest BCUT2D eigenvalue weighted by Gasteiger charge is 2.26. The molecule has 0 spiro atoms. The Labute approximate surface area is 69.4 Å². The first-order chi connectivity index (χ1) is 5.36. The van der Waals surface area contributed by atoms with E-state index in [9.17, 15) is 0 Å². The highest BCUT2D eigenvalue weighted by molar-refractivity contribution is 8.02. The second-order valence-corrected chi connectivity index (χ2v) is 3.54.